The number of nitrogen functional groups attached to an aromatic ring is 1. The van der Waals surface area contributed by atoms with Crippen LogP contribution >= 0.6 is 0 Å². The number of carboxylic acid groups (broad SMARTS) is 1. The van der Waals surface area contributed by atoms with Gasteiger partial charge in [-0.15, -0.1) is 0 Å². The van der Waals surface area contributed by atoms with Crippen molar-refractivity contribution in [3.05, 3.63) is 35.9 Å². The van der Waals surface area contributed by atoms with Crippen molar-refractivity contribution in [3.8, 4) is 5.88 Å². The number of urea groups is 1. The molecule has 3 amide bonds. The van der Waals surface area contributed by atoms with Crippen molar-refractivity contribution in [3.63, 3.8) is 0 Å². The zero-order valence-corrected chi connectivity index (χ0v) is 19.7. The number of nitrogens with two attached hydrogens (primary N) is 1. The molecule has 1 saturated heterocycles. The number of carbonyl (C=O) groups is 3. The van der Waals surface area contributed by atoms with Gasteiger partial charge in [0, 0.05) is 18.8 Å². The predicted molar refractivity (Wildman–Crippen MR) is 125 cm³/mol. The van der Waals surface area contributed by atoms with E-state index >= 15 is 4.39 Å². The van der Waals surface area contributed by atoms with Gasteiger partial charge in [-0.25, -0.2) is 23.9 Å². The minimum atomic E-state index is -1.10. The lowest BCUT2D eigenvalue weighted by Crippen LogP contribution is -2.46. The summed E-state index contributed by atoms with van der Waals surface area (Å²) in [4.78, 5) is 49.6. The van der Waals surface area contributed by atoms with Crippen molar-refractivity contribution in [1.29, 1.82) is 0 Å². The molecule has 2 aliphatic heterocycles. The Morgan fingerprint density at radius 3 is 2.60 bits per heavy atom. The van der Waals surface area contributed by atoms with Crippen LogP contribution in [0.1, 0.15) is 37.6 Å². The lowest BCUT2D eigenvalue weighted by Gasteiger charge is -2.30. The Kier molecular flexibility index (Phi) is 6.22. The molecular formula is C23H27FN6O5. The molecule has 1 aromatic carbocycles. The number of carboxylic acids is 1. The minimum absolute atomic E-state index is 0.00147. The fourth-order valence-corrected chi connectivity index (χ4v) is 4.27. The highest BCUT2D eigenvalue weighted by Crippen LogP contribution is 2.33. The number of anilines is 3. The Balaban J connectivity index is 1.58. The number of ether oxygens (including phenoxy) is 1. The van der Waals surface area contributed by atoms with E-state index in [4.69, 9.17) is 10.5 Å². The molecule has 12 heteroatoms. The zero-order valence-electron chi connectivity index (χ0n) is 19.7. The van der Waals surface area contributed by atoms with Gasteiger partial charge in [-0.05, 0) is 30.0 Å². The summed E-state index contributed by atoms with van der Waals surface area (Å²) in [6.07, 6.45) is 1.45. The number of nitrogens with zero attached hydrogens (tertiary/aromatic N) is 5. The largest absolute Gasteiger partial charge is 0.480 e. The van der Waals surface area contributed by atoms with Crippen LogP contribution in [0.2, 0.25) is 0 Å². The molecule has 1 atom stereocenters. The number of amides is 3. The second-order valence-electron chi connectivity index (χ2n) is 9.63. The molecule has 1 aromatic heterocycles. The molecular weight excluding hydrogens is 459 g/mol. The average molecular weight is 487 g/mol. The van der Waals surface area contributed by atoms with Crippen LogP contribution < -0.4 is 20.3 Å². The van der Waals surface area contributed by atoms with Crippen molar-refractivity contribution in [2.45, 2.75) is 33.2 Å². The highest BCUT2D eigenvalue weighted by Gasteiger charge is 2.40. The number of fused-ring (bicyclic) bond motifs is 1. The third-order valence-corrected chi connectivity index (χ3v) is 5.90. The number of aromatic nitrogens is 2. The van der Waals surface area contributed by atoms with Crippen LogP contribution in [0.3, 0.4) is 0 Å². The summed E-state index contributed by atoms with van der Waals surface area (Å²) in [7, 11) is 0. The Hall–Kier alpha value is -3.96. The van der Waals surface area contributed by atoms with Crippen LogP contribution in [-0.2, 0) is 4.79 Å². The summed E-state index contributed by atoms with van der Waals surface area (Å²) in [5.41, 5.74) is 5.77. The van der Waals surface area contributed by atoms with Crippen LogP contribution in [0.15, 0.2) is 24.5 Å². The number of halogens is 1. The van der Waals surface area contributed by atoms with Crippen LogP contribution in [-0.4, -0.2) is 70.2 Å². The van der Waals surface area contributed by atoms with E-state index in [1.807, 2.05) is 20.8 Å². The lowest BCUT2D eigenvalue weighted by molar-refractivity contribution is -0.143. The molecule has 11 nitrogen and oxygen atoms in total. The molecule has 1 unspecified atom stereocenters. The van der Waals surface area contributed by atoms with Gasteiger partial charge in [0.1, 0.15) is 36.2 Å². The first-order chi connectivity index (χ1) is 16.5. The fraction of sp³-hybridized carbons (Fsp3) is 0.435. The Labute approximate surface area is 201 Å². The summed E-state index contributed by atoms with van der Waals surface area (Å²) >= 11 is 0. The van der Waals surface area contributed by atoms with E-state index in [2.05, 4.69) is 9.97 Å². The molecule has 35 heavy (non-hydrogen) atoms. The Morgan fingerprint density at radius 2 is 1.94 bits per heavy atom. The standard InChI is InChI=1S/C23H27FN6O5/c1-23(2,3)11-16(21(32)33)30-7-6-29(22(30)34)15-5-4-13(10-14(15)24)28-8-9-35-19-17(20(28)31)18(25)26-12-27-19/h4-5,10,12,16H,6-9,11H2,1-3H3,(H,32,33)(H2,25,26,27). The molecule has 0 spiro atoms. The van der Waals surface area contributed by atoms with E-state index in [0.717, 1.165) is 6.07 Å². The van der Waals surface area contributed by atoms with Crippen molar-refractivity contribution >= 4 is 35.1 Å². The quantitative estimate of drug-likeness (QED) is 0.656. The average Bonchev–Trinajstić information content (AvgIpc) is 3.05. The molecule has 1 fully saturated rings. The molecule has 0 bridgehead atoms. The number of rotatable bonds is 5. The van der Waals surface area contributed by atoms with E-state index in [1.165, 1.54) is 33.2 Å². The molecule has 4 rings (SSSR count). The molecule has 3 heterocycles. The second kappa shape index (κ2) is 9.01. The third kappa shape index (κ3) is 4.68. The summed E-state index contributed by atoms with van der Waals surface area (Å²) in [6.45, 7) is 6.22. The van der Waals surface area contributed by atoms with Gasteiger partial charge in [0.25, 0.3) is 5.91 Å². The van der Waals surface area contributed by atoms with Crippen molar-refractivity contribution in [2.24, 2.45) is 5.41 Å². The zero-order chi connectivity index (χ0) is 25.5. The lowest BCUT2D eigenvalue weighted by atomic mass is 9.87. The summed E-state index contributed by atoms with van der Waals surface area (Å²) < 4.78 is 20.7. The number of carbonyl (C=O) groups excluding carboxylic acids is 2. The number of aliphatic carboxylic acids is 1. The van der Waals surface area contributed by atoms with Gasteiger partial charge in [0.2, 0.25) is 5.88 Å². The molecule has 0 aliphatic carbocycles. The van der Waals surface area contributed by atoms with E-state index < -0.39 is 29.8 Å². The molecule has 0 saturated carbocycles. The normalized spacial score (nSPS) is 17.2. The maximum atomic E-state index is 15.2. The fourth-order valence-electron chi connectivity index (χ4n) is 4.27. The summed E-state index contributed by atoms with van der Waals surface area (Å²) in [6, 6.07) is 2.47. The first-order valence-electron chi connectivity index (χ1n) is 11.1. The van der Waals surface area contributed by atoms with Gasteiger partial charge in [0.15, 0.2) is 0 Å². The van der Waals surface area contributed by atoms with Gasteiger partial charge in [-0.1, -0.05) is 20.8 Å². The third-order valence-electron chi connectivity index (χ3n) is 5.90. The smallest absolute Gasteiger partial charge is 0.326 e. The molecule has 2 aliphatic rings. The van der Waals surface area contributed by atoms with Crippen LogP contribution in [0.25, 0.3) is 0 Å². The van der Waals surface area contributed by atoms with Gasteiger partial charge in [0.05, 0.1) is 12.2 Å². The molecule has 186 valence electrons. The van der Waals surface area contributed by atoms with Gasteiger partial charge >= 0.3 is 12.0 Å². The summed E-state index contributed by atoms with van der Waals surface area (Å²) in [5, 5.41) is 9.69. The number of hydrogen-bond donors (Lipinski definition) is 2. The van der Waals surface area contributed by atoms with Gasteiger partial charge in [-0.3, -0.25) is 9.69 Å². The summed E-state index contributed by atoms with van der Waals surface area (Å²) in [5.74, 6) is -2.34. The SMILES string of the molecule is CC(C)(C)CC(C(=O)O)N1CCN(c2ccc(N3CCOc4ncnc(N)c4C3=O)cc2F)C1=O. The van der Waals surface area contributed by atoms with Crippen molar-refractivity contribution in [2.75, 3.05) is 41.8 Å². The predicted octanol–water partition coefficient (Wildman–Crippen LogP) is 2.37. The van der Waals surface area contributed by atoms with E-state index in [-0.39, 0.29) is 66.7 Å². The van der Waals surface area contributed by atoms with Crippen LogP contribution in [0.5, 0.6) is 5.88 Å². The van der Waals surface area contributed by atoms with E-state index in [1.54, 1.807) is 0 Å². The minimum Gasteiger partial charge on any atom is -0.480 e. The Bertz CT molecular complexity index is 1180. The monoisotopic (exact) mass is 486 g/mol. The maximum absolute atomic E-state index is 15.2. The first-order valence-corrected chi connectivity index (χ1v) is 11.1. The number of benzene rings is 1. The van der Waals surface area contributed by atoms with Crippen LogP contribution in [0, 0.1) is 11.2 Å². The van der Waals surface area contributed by atoms with Crippen molar-refractivity contribution in [1.82, 2.24) is 14.9 Å². The first kappa shape index (κ1) is 24.2. The molecule has 3 N–H and O–H groups in total. The molecule has 0 radical (unpaired) electrons. The van der Waals surface area contributed by atoms with Gasteiger partial charge < -0.3 is 25.4 Å². The second-order valence-corrected chi connectivity index (χ2v) is 9.63. The van der Waals surface area contributed by atoms with Crippen molar-refractivity contribution < 1.29 is 28.6 Å². The molecule has 2 aromatic rings. The van der Waals surface area contributed by atoms with E-state index in [9.17, 15) is 19.5 Å². The highest BCUT2D eigenvalue weighted by atomic mass is 19.1. The topological polar surface area (TPSA) is 142 Å². The number of hydrogen-bond acceptors (Lipinski definition) is 7. The van der Waals surface area contributed by atoms with Gasteiger partial charge in [-0.2, -0.15) is 0 Å². The Morgan fingerprint density at radius 1 is 1.20 bits per heavy atom. The highest BCUT2D eigenvalue weighted by molar-refractivity contribution is 6.10. The van der Waals surface area contributed by atoms with Crippen LogP contribution in [0.4, 0.5) is 26.4 Å². The van der Waals surface area contributed by atoms with E-state index in [0.29, 0.717) is 0 Å². The maximum Gasteiger partial charge on any atom is 0.326 e.